The second-order valence-electron chi connectivity index (χ2n) is 11.2. The molecule has 46 heavy (non-hydrogen) atoms. The van der Waals surface area contributed by atoms with Gasteiger partial charge in [-0.05, 0) is 29.5 Å². The van der Waals surface area contributed by atoms with Crippen molar-refractivity contribution in [3.05, 3.63) is 82.2 Å². The fraction of sp³-hybridized carbons (Fsp3) is 0.531. The molecule has 0 aromatic heterocycles. The maximum absolute atomic E-state index is 12.6. The predicted octanol–water partition coefficient (Wildman–Crippen LogP) is 3.38. The van der Waals surface area contributed by atoms with Crippen LogP contribution in [0.25, 0.3) is 10.4 Å². The smallest absolute Gasteiger partial charge is 0.303 e. The number of hydrogen-bond donors (Lipinski definition) is 1. The molecule has 0 aliphatic carbocycles. The zero-order chi connectivity index (χ0) is 33.2. The molecular formula is C32H39N3O11. The zero-order valence-corrected chi connectivity index (χ0v) is 26.0. The van der Waals surface area contributed by atoms with Crippen LogP contribution in [0.3, 0.4) is 0 Å². The van der Waals surface area contributed by atoms with Crippen molar-refractivity contribution < 1.29 is 52.6 Å². The molecule has 5 unspecified atom stereocenters. The van der Waals surface area contributed by atoms with E-state index in [1.165, 1.54) is 20.8 Å². The number of carbonyl (C=O) groups excluding carboxylic acids is 3. The minimum absolute atomic E-state index is 0.0229. The van der Waals surface area contributed by atoms with Gasteiger partial charge in [0.05, 0.1) is 25.4 Å². The number of hydrogen-bond acceptors (Lipinski definition) is 12. The van der Waals surface area contributed by atoms with Gasteiger partial charge in [-0.25, -0.2) is 0 Å². The van der Waals surface area contributed by atoms with Crippen molar-refractivity contribution in [2.45, 2.75) is 96.2 Å². The normalized spacial score (nSPS) is 30.9. The molecule has 1 N–H and O–H groups in total. The Labute approximate surface area is 266 Å². The van der Waals surface area contributed by atoms with Gasteiger partial charge in [-0.2, -0.15) is 0 Å². The van der Waals surface area contributed by atoms with Crippen molar-refractivity contribution in [1.82, 2.24) is 0 Å². The van der Waals surface area contributed by atoms with Crippen LogP contribution in [-0.2, 0) is 60.8 Å². The summed E-state index contributed by atoms with van der Waals surface area (Å²) in [5.41, 5.74) is 11.0. The Kier molecular flexibility index (Phi) is 12.6. The molecule has 0 spiro atoms. The third-order valence-electron chi connectivity index (χ3n) is 7.70. The molecule has 14 heteroatoms. The van der Waals surface area contributed by atoms with E-state index in [4.69, 9.17) is 33.2 Å². The average molecular weight is 642 g/mol. The first-order chi connectivity index (χ1) is 22.1. The molecule has 0 amide bonds. The third kappa shape index (κ3) is 9.10. The van der Waals surface area contributed by atoms with Gasteiger partial charge in [-0.15, -0.1) is 0 Å². The summed E-state index contributed by atoms with van der Waals surface area (Å²) < 4.78 is 41.5. The van der Waals surface area contributed by atoms with Gasteiger partial charge >= 0.3 is 11.9 Å². The second-order valence-corrected chi connectivity index (χ2v) is 11.2. The van der Waals surface area contributed by atoms with E-state index in [-0.39, 0.29) is 19.8 Å². The molecule has 0 bridgehead atoms. The van der Waals surface area contributed by atoms with Crippen LogP contribution in [0.5, 0.6) is 0 Å². The van der Waals surface area contributed by atoms with Crippen molar-refractivity contribution in [3.63, 3.8) is 0 Å². The molecule has 2 aliphatic heterocycles. The Balaban J connectivity index is 1.64. The lowest BCUT2D eigenvalue weighted by Gasteiger charge is -2.48. The highest BCUT2D eigenvalue weighted by atomic mass is 16.7. The summed E-state index contributed by atoms with van der Waals surface area (Å²) in [6, 6.07) is 17.5. The Morgan fingerprint density at radius 3 is 2.00 bits per heavy atom. The van der Waals surface area contributed by atoms with Crippen LogP contribution in [0.2, 0.25) is 0 Å². The van der Waals surface area contributed by atoms with E-state index >= 15 is 0 Å². The maximum Gasteiger partial charge on any atom is 0.303 e. The molecule has 2 aromatic rings. The minimum atomic E-state index is -1.51. The second kappa shape index (κ2) is 16.6. The number of esters is 2. The summed E-state index contributed by atoms with van der Waals surface area (Å²) >= 11 is 0. The first-order valence-corrected chi connectivity index (χ1v) is 14.9. The van der Waals surface area contributed by atoms with Crippen LogP contribution in [0, 0.1) is 5.92 Å². The Morgan fingerprint density at radius 1 is 0.848 bits per heavy atom. The first kappa shape index (κ1) is 35.0. The number of aliphatic hydroxyl groups is 1. The van der Waals surface area contributed by atoms with Crippen molar-refractivity contribution in [2.75, 3.05) is 6.61 Å². The Morgan fingerprint density at radius 2 is 1.46 bits per heavy atom. The number of ketones is 1. The zero-order valence-electron chi connectivity index (χ0n) is 26.0. The summed E-state index contributed by atoms with van der Waals surface area (Å²) in [6.45, 7) is 5.29. The summed E-state index contributed by atoms with van der Waals surface area (Å²) in [5, 5.41) is 15.1. The lowest BCUT2D eigenvalue weighted by Crippen LogP contribution is -2.64. The average Bonchev–Trinajstić information content (AvgIpc) is 3.03. The SMILES string of the molecule is CC(=O)OCC1OC(OCc2ccccc2)C(N=[N+]=[N-])[C@@H](C)[C@@H]1O[C@@H]1OC(C(C)=O)[C@@H](O)[C@@H](OCc2ccccc2)C1OC(C)=O. The summed E-state index contributed by atoms with van der Waals surface area (Å²) in [5.74, 6) is -2.44. The van der Waals surface area contributed by atoms with Crippen LogP contribution in [0.1, 0.15) is 38.8 Å². The summed E-state index contributed by atoms with van der Waals surface area (Å²) in [6.07, 6.45) is -9.95. The van der Waals surface area contributed by atoms with Crippen LogP contribution in [-0.4, -0.2) is 84.7 Å². The largest absolute Gasteiger partial charge is 0.463 e. The standard InChI is InChI=1S/C32H39N3O11/c1-18-25(34-35-33)31(42-16-23-13-9-6-10-14-23)44-24(17-40-20(3)37)27(18)45-32-30(43-21(4)38)29(26(39)28(46-32)19(2)36)41-15-22-11-7-5-8-12-22/h5-14,18,24-32,39H,15-17H2,1-4H3/t18-,24?,25?,26-,27+,28?,29-,30?,31?,32-/m1/s1. The van der Waals surface area contributed by atoms with Gasteiger partial charge in [0.2, 0.25) is 0 Å². The molecule has 2 fully saturated rings. The molecule has 2 aliphatic rings. The molecule has 2 heterocycles. The molecule has 0 saturated carbocycles. The van der Waals surface area contributed by atoms with E-state index in [2.05, 4.69) is 10.0 Å². The van der Waals surface area contributed by atoms with Gasteiger partial charge in [0, 0.05) is 18.8 Å². The monoisotopic (exact) mass is 641 g/mol. The number of aliphatic hydroxyl groups excluding tert-OH is 1. The van der Waals surface area contributed by atoms with Gasteiger partial charge < -0.3 is 38.3 Å². The Hall–Kier alpha value is -3.88. The van der Waals surface area contributed by atoms with Gasteiger partial charge in [0.15, 0.2) is 24.5 Å². The molecule has 14 nitrogen and oxygen atoms in total. The summed E-state index contributed by atoms with van der Waals surface area (Å²) in [7, 11) is 0. The van der Waals surface area contributed by atoms with Gasteiger partial charge in [-0.1, -0.05) is 72.7 Å². The number of Topliss-reactive ketones (excluding diaryl/α,β-unsaturated/α-hetero) is 1. The lowest BCUT2D eigenvalue weighted by atomic mass is 9.88. The lowest BCUT2D eigenvalue weighted by molar-refractivity contribution is -0.340. The van der Waals surface area contributed by atoms with Gasteiger partial charge in [0.25, 0.3) is 0 Å². The van der Waals surface area contributed by atoms with E-state index in [0.717, 1.165) is 11.1 Å². The van der Waals surface area contributed by atoms with Crippen molar-refractivity contribution in [1.29, 1.82) is 0 Å². The highest BCUT2D eigenvalue weighted by molar-refractivity contribution is 5.81. The van der Waals surface area contributed by atoms with E-state index in [0.29, 0.717) is 0 Å². The first-order valence-electron chi connectivity index (χ1n) is 14.9. The number of ether oxygens (including phenoxy) is 7. The molecule has 2 aromatic carbocycles. The highest BCUT2D eigenvalue weighted by Crippen LogP contribution is 2.36. The molecule has 2 saturated heterocycles. The number of nitrogens with zero attached hydrogens (tertiary/aromatic N) is 3. The van der Waals surface area contributed by atoms with Gasteiger partial charge in [0.1, 0.15) is 31.0 Å². The van der Waals surface area contributed by atoms with Crippen LogP contribution >= 0.6 is 0 Å². The van der Waals surface area contributed by atoms with Crippen LogP contribution in [0.15, 0.2) is 65.8 Å². The van der Waals surface area contributed by atoms with Crippen molar-refractivity contribution >= 4 is 17.7 Å². The van der Waals surface area contributed by atoms with Gasteiger partial charge in [-0.3, -0.25) is 14.4 Å². The Bertz CT molecular complexity index is 1360. The molecule has 4 rings (SSSR count). The van der Waals surface area contributed by atoms with E-state index in [1.807, 2.05) is 60.7 Å². The molecule has 248 valence electrons. The van der Waals surface area contributed by atoms with Crippen LogP contribution in [0.4, 0.5) is 0 Å². The molecule has 10 atom stereocenters. The third-order valence-corrected chi connectivity index (χ3v) is 7.70. The van der Waals surface area contributed by atoms with Crippen molar-refractivity contribution in [3.8, 4) is 0 Å². The van der Waals surface area contributed by atoms with E-state index in [1.54, 1.807) is 6.92 Å². The fourth-order valence-corrected chi connectivity index (χ4v) is 5.46. The maximum atomic E-state index is 12.6. The summed E-state index contributed by atoms with van der Waals surface area (Å²) in [4.78, 5) is 39.7. The highest BCUT2D eigenvalue weighted by Gasteiger charge is 2.53. The predicted molar refractivity (Wildman–Crippen MR) is 159 cm³/mol. The number of carbonyl (C=O) groups is 3. The topological polar surface area (TPSA) is 185 Å². The van der Waals surface area contributed by atoms with Crippen LogP contribution < -0.4 is 0 Å². The fourth-order valence-electron chi connectivity index (χ4n) is 5.46. The quantitative estimate of drug-likeness (QED) is 0.146. The number of azide groups is 1. The number of benzene rings is 2. The van der Waals surface area contributed by atoms with E-state index in [9.17, 15) is 25.0 Å². The number of rotatable bonds is 13. The van der Waals surface area contributed by atoms with Crippen molar-refractivity contribution in [2.24, 2.45) is 11.0 Å². The molecule has 0 radical (unpaired) electrons. The molecular weight excluding hydrogens is 602 g/mol. The minimum Gasteiger partial charge on any atom is -0.463 e. The van der Waals surface area contributed by atoms with E-state index < -0.39 is 78.9 Å².